The predicted octanol–water partition coefficient (Wildman–Crippen LogP) is -0.810. The van der Waals surface area contributed by atoms with Gasteiger partial charge in [0.2, 0.25) is 0 Å². The van der Waals surface area contributed by atoms with Gasteiger partial charge in [-0.15, -0.1) is 0 Å². The molecule has 0 bridgehead atoms. The van der Waals surface area contributed by atoms with Crippen LogP contribution in [0, 0.1) is 0 Å². The number of carboxylic acid groups (broad SMARTS) is 1. The van der Waals surface area contributed by atoms with E-state index in [0.29, 0.717) is 5.56 Å². The Labute approximate surface area is 105 Å². The van der Waals surface area contributed by atoms with Gasteiger partial charge in [-0.2, -0.15) is 0 Å². The van der Waals surface area contributed by atoms with Crippen molar-refractivity contribution in [3.8, 4) is 0 Å². The van der Waals surface area contributed by atoms with Crippen LogP contribution in [0.5, 0.6) is 0 Å². The third-order valence-electron chi connectivity index (χ3n) is 2.81. The molecule has 0 aromatic heterocycles. The molecule has 0 aliphatic heterocycles. The molecule has 0 spiro atoms. The molecular weight excluding hydrogens is 238 g/mol. The number of hydrogen-bond donors (Lipinski definition) is 5. The molecule has 0 amide bonds. The fraction of sp³-hybridized carbons (Fsp3) is 0.417. The molecule has 0 saturated carbocycles. The van der Waals surface area contributed by atoms with Gasteiger partial charge in [-0.25, -0.2) is 4.79 Å². The summed E-state index contributed by atoms with van der Waals surface area (Å²) < 4.78 is 0. The number of carbonyl (C=O) groups is 1. The Morgan fingerprint density at radius 3 is 2.17 bits per heavy atom. The molecule has 0 heterocycles. The average molecular weight is 255 g/mol. The third-order valence-corrected chi connectivity index (χ3v) is 2.81. The first-order valence-electron chi connectivity index (χ1n) is 5.47. The van der Waals surface area contributed by atoms with Gasteiger partial charge < -0.3 is 25.7 Å². The summed E-state index contributed by atoms with van der Waals surface area (Å²) in [5.74, 6) is -1.05. The summed E-state index contributed by atoms with van der Waals surface area (Å²) in [6.45, 7) is -1.22. The van der Waals surface area contributed by atoms with Crippen molar-refractivity contribution in [3.63, 3.8) is 0 Å². The summed E-state index contributed by atoms with van der Waals surface area (Å²) in [6.07, 6.45) is 0. The maximum Gasteiger partial charge on any atom is 0.336 e. The van der Waals surface area contributed by atoms with Gasteiger partial charge in [0.05, 0.1) is 30.9 Å². The van der Waals surface area contributed by atoms with Gasteiger partial charge in [0, 0.05) is 6.54 Å². The lowest BCUT2D eigenvalue weighted by molar-refractivity contribution is 0.0413. The van der Waals surface area contributed by atoms with E-state index >= 15 is 0 Å². The van der Waals surface area contributed by atoms with E-state index in [1.165, 1.54) is 6.07 Å². The zero-order valence-electron chi connectivity index (χ0n) is 9.83. The van der Waals surface area contributed by atoms with E-state index in [1.54, 1.807) is 18.2 Å². The van der Waals surface area contributed by atoms with Crippen molar-refractivity contribution >= 4 is 5.97 Å². The van der Waals surface area contributed by atoms with Gasteiger partial charge >= 0.3 is 5.97 Å². The lowest BCUT2D eigenvalue weighted by Crippen LogP contribution is -2.54. The van der Waals surface area contributed by atoms with Gasteiger partial charge in [0.1, 0.15) is 0 Å². The molecule has 1 rings (SSSR count). The molecule has 0 aliphatic rings. The summed E-state index contributed by atoms with van der Waals surface area (Å²) in [6, 6.07) is 6.41. The monoisotopic (exact) mass is 255 g/mol. The number of carboxylic acids is 1. The highest BCUT2D eigenvalue weighted by molar-refractivity contribution is 5.89. The highest BCUT2D eigenvalue weighted by atomic mass is 16.4. The maximum atomic E-state index is 11.0. The molecule has 1 aromatic carbocycles. The molecule has 6 nitrogen and oxygen atoms in total. The van der Waals surface area contributed by atoms with Crippen molar-refractivity contribution in [1.29, 1.82) is 0 Å². The van der Waals surface area contributed by atoms with E-state index < -0.39 is 31.3 Å². The zero-order valence-corrected chi connectivity index (χ0v) is 9.83. The van der Waals surface area contributed by atoms with E-state index in [0.717, 1.165) is 0 Å². The second kappa shape index (κ2) is 6.46. The first-order chi connectivity index (χ1) is 8.58. The predicted molar refractivity (Wildman–Crippen MR) is 64.2 cm³/mol. The van der Waals surface area contributed by atoms with Crippen molar-refractivity contribution in [3.05, 3.63) is 35.4 Å². The Hall–Kier alpha value is -1.47. The summed E-state index contributed by atoms with van der Waals surface area (Å²) in [5, 5.41) is 39.2. The van der Waals surface area contributed by atoms with Crippen molar-refractivity contribution in [2.24, 2.45) is 0 Å². The fourth-order valence-corrected chi connectivity index (χ4v) is 1.48. The lowest BCUT2D eigenvalue weighted by atomic mass is 10.0. The molecule has 5 N–H and O–H groups in total. The van der Waals surface area contributed by atoms with Crippen molar-refractivity contribution in [2.75, 3.05) is 19.8 Å². The molecule has 0 saturated heterocycles. The molecule has 100 valence electrons. The summed E-state index contributed by atoms with van der Waals surface area (Å²) in [7, 11) is 0. The van der Waals surface area contributed by atoms with Crippen LogP contribution in [-0.4, -0.2) is 51.8 Å². The van der Waals surface area contributed by atoms with Crippen molar-refractivity contribution in [2.45, 2.75) is 12.1 Å². The number of benzene rings is 1. The van der Waals surface area contributed by atoms with Crippen LogP contribution in [0.25, 0.3) is 0 Å². The van der Waals surface area contributed by atoms with Crippen LogP contribution < -0.4 is 5.32 Å². The fourth-order valence-electron chi connectivity index (χ4n) is 1.48. The van der Waals surface area contributed by atoms with Crippen LogP contribution in [0.4, 0.5) is 0 Å². The van der Waals surface area contributed by atoms with E-state index in [1.807, 2.05) is 0 Å². The van der Waals surface area contributed by atoms with Crippen molar-refractivity contribution in [1.82, 2.24) is 5.32 Å². The molecular formula is C12H17NO5. The minimum absolute atomic E-state index is 0.129. The van der Waals surface area contributed by atoms with Crippen molar-refractivity contribution < 1.29 is 25.2 Å². The van der Waals surface area contributed by atoms with Gasteiger partial charge in [0.15, 0.2) is 0 Å². The van der Waals surface area contributed by atoms with Crippen LogP contribution in [-0.2, 0) is 6.54 Å². The average Bonchev–Trinajstić information content (AvgIpc) is 2.41. The number of aliphatic hydroxyl groups excluding tert-OH is 3. The van der Waals surface area contributed by atoms with Gasteiger partial charge in [-0.05, 0) is 11.6 Å². The Morgan fingerprint density at radius 2 is 1.67 bits per heavy atom. The first-order valence-corrected chi connectivity index (χ1v) is 5.47. The Balaban J connectivity index is 2.83. The lowest BCUT2D eigenvalue weighted by Gasteiger charge is -2.29. The highest BCUT2D eigenvalue weighted by Crippen LogP contribution is 2.11. The molecule has 6 heteroatoms. The van der Waals surface area contributed by atoms with E-state index in [-0.39, 0.29) is 12.1 Å². The summed E-state index contributed by atoms with van der Waals surface area (Å²) >= 11 is 0. The Bertz CT molecular complexity index is 395. The van der Waals surface area contributed by atoms with Crippen LogP contribution in [0.2, 0.25) is 0 Å². The number of nitrogens with one attached hydrogen (secondary N) is 1. The third kappa shape index (κ3) is 3.27. The second-order valence-corrected chi connectivity index (χ2v) is 4.07. The normalized spacial score (nSPS) is 11.5. The molecule has 0 aliphatic carbocycles. The maximum absolute atomic E-state index is 11.0. The second-order valence-electron chi connectivity index (χ2n) is 4.07. The minimum atomic E-state index is -1.22. The molecule has 18 heavy (non-hydrogen) atoms. The Morgan fingerprint density at radius 1 is 1.11 bits per heavy atom. The smallest absolute Gasteiger partial charge is 0.336 e. The summed E-state index contributed by atoms with van der Waals surface area (Å²) in [5.41, 5.74) is -0.552. The largest absolute Gasteiger partial charge is 0.478 e. The zero-order chi connectivity index (χ0) is 13.6. The van der Waals surface area contributed by atoms with Gasteiger partial charge in [-0.1, -0.05) is 18.2 Å². The van der Waals surface area contributed by atoms with Crippen LogP contribution in [0.1, 0.15) is 15.9 Å². The van der Waals surface area contributed by atoms with Crippen LogP contribution in [0.3, 0.4) is 0 Å². The van der Waals surface area contributed by atoms with E-state index in [4.69, 9.17) is 20.4 Å². The Kier molecular flexibility index (Phi) is 5.24. The molecule has 0 unspecified atom stereocenters. The molecule has 1 aromatic rings. The topological polar surface area (TPSA) is 110 Å². The number of aromatic carboxylic acids is 1. The first kappa shape index (κ1) is 14.6. The van der Waals surface area contributed by atoms with E-state index in [2.05, 4.69) is 5.32 Å². The minimum Gasteiger partial charge on any atom is -0.478 e. The number of rotatable bonds is 7. The number of aliphatic hydroxyl groups is 3. The standard InChI is InChI=1S/C12H17NO5/c14-6-12(7-15,8-16)13-5-9-3-1-2-4-10(9)11(17)18/h1-4,13-16H,5-8H2,(H,17,18). The van der Waals surface area contributed by atoms with Crippen LogP contribution >= 0.6 is 0 Å². The van der Waals surface area contributed by atoms with E-state index in [9.17, 15) is 4.79 Å². The van der Waals surface area contributed by atoms with Crippen LogP contribution in [0.15, 0.2) is 24.3 Å². The van der Waals surface area contributed by atoms with Gasteiger partial charge in [-0.3, -0.25) is 0 Å². The SMILES string of the molecule is O=C(O)c1ccccc1CNC(CO)(CO)CO. The summed E-state index contributed by atoms with van der Waals surface area (Å²) in [4.78, 5) is 11.0. The number of hydrogen-bond acceptors (Lipinski definition) is 5. The quantitative estimate of drug-likeness (QED) is 0.436. The molecule has 0 radical (unpaired) electrons. The van der Waals surface area contributed by atoms with Gasteiger partial charge in [0.25, 0.3) is 0 Å². The molecule has 0 atom stereocenters. The molecule has 0 fully saturated rings. The highest BCUT2D eigenvalue weighted by Gasteiger charge is 2.27.